The van der Waals surface area contributed by atoms with E-state index in [0.29, 0.717) is 11.1 Å². The Morgan fingerprint density at radius 3 is 2.07 bits per heavy atom. The first-order valence-corrected chi connectivity index (χ1v) is 14.6. The summed E-state index contributed by atoms with van der Waals surface area (Å²) >= 11 is 0. The molecule has 0 fully saturated rings. The number of pyridine rings is 1. The maximum atomic E-state index is 13.3. The van der Waals surface area contributed by atoms with Crippen LogP contribution in [0.2, 0.25) is 0 Å². The third-order valence-electron chi connectivity index (χ3n) is 7.73. The van der Waals surface area contributed by atoms with Gasteiger partial charge < -0.3 is 5.11 Å². The van der Waals surface area contributed by atoms with Crippen LogP contribution in [-0.2, 0) is 31.3 Å². The monoisotopic (exact) mass is 761 g/mol. The molecule has 0 aliphatic carbocycles. The summed E-state index contributed by atoms with van der Waals surface area (Å²) in [5, 5.41) is 10.5. The molecular formula is C35H45F3IrNO2-. The SMILES string of the molecule is CCC(CC)C(=O)/C=C(\O)C(CC)CC.Cc1[c-]c(-c2ccc3c(CC(C)(C)C(F)(F)F)cccc3n2)cc(C)c1.[Ir]. The van der Waals surface area contributed by atoms with Crippen LogP contribution >= 0.6 is 0 Å². The predicted octanol–water partition coefficient (Wildman–Crippen LogP) is 10.3. The number of fused-ring (bicyclic) bond motifs is 1. The van der Waals surface area contributed by atoms with Crippen molar-refractivity contribution in [3.63, 3.8) is 0 Å². The van der Waals surface area contributed by atoms with E-state index in [1.165, 1.54) is 19.9 Å². The van der Waals surface area contributed by atoms with Crippen LogP contribution in [-0.4, -0.2) is 22.1 Å². The number of halogens is 3. The van der Waals surface area contributed by atoms with Crippen molar-refractivity contribution >= 4 is 16.7 Å². The number of allylic oxidation sites excluding steroid dienone is 2. The van der Waals surface area contributed by atoms with Gasteiger partial charge in [-0.3, -0.25) is 9.78 Å². The fourth-order valence-corrected chi connectivity index (χ4v) is 4.91. The molecule has 1 N–H and O–H groups in total. The zero-order valence-electron chi connectivity index (χ0n) is 26.1. The van der Waals surface area contributed by atoms with Gasteiger partial charge in [0.2, 0.25) is 0 Å². The fraction of sp³-hybridized carbons (Fsp3) is 0.486. The average molecular weight is 761 g/mol. The number of hydrogen-bond acceptors (Lipinski definition) is 3. The predicted molar refractivity (Wildman–Crippen MR) is 163 cm³/mol. The summed E-state index contributed by atoms with van der Waals surface area (Å²) in [7, 11) is 0. The summed E-state index contributed by atoms with van der Waals surface area (Å²) < 4.78 is 39.8. The van der Waals surface area contributed by atoms with Crippen molar-refractivity contribution in [2.24, 2.45) is 17.3 Å². The van der Waals surface area contributed by atoms with Gasteiger partial charge in [-0.1, -0.05) is 79.7 Å². The molecule has 0 spiro atoms. The van der Waals surface area contributed by atoms with Gasteiger partial charge in [-0.2, -0.15) is 13.2 Å². The number of hydrogen-bond donors (Lipinski definition) is 1. The number of carbonyl (C=O) groups excluding carboxylic acids is 1. The van der Waals surface area contributed by atoms with E-state index in [1.54, 1.807) is 12.1 Å². The van der Waals surface area contributed by atoms with E-state index < -0.39 is 11.6 Å². The molecule has 7 heteroatoms. The Kier molecular flexibility index (Phi) is 14.6. The Morgan fingerprint density at radius 2 is 1.55 bits per heavy atom. The standard InChI is InChI=1S/C22H21F3N.C13H24O2.Ir/c1-14-10-15(2)12-17(11-14)19-9-8-18-16(6-5-7-20(18)26-19)13-21(3,4)22(23,24)25;1-5-10(6-2)12(14)9-13(15)11(7-3)8-4;/h5-11H,13H2,1-4H3;9-11,14H,5-8H2,1-4H3;/q-1;;/b;12-9-;. The number of benzene rings is 2. The molecule has 42 heavy (non-hydrogen) atoms. The third kappa shape index (κ3) is 10.1. The van der Waals surface area contributed by atoms with E-state index in [4.69, 9.17) is 0 Å². The molecule has 0 aliphatic rings. The Hall–Kier alpha value is -2.50. The molecule has 3 nitrogen and oxygen atoms in total. The van der Waals surface area contributed by atoms with Crippen LogP contribution in [0.5, 0.6) is 0 Å². The molecule has 233 valence electrons. The normalized spacial score (nSPS) is 12.3. The van der Waals surface area contributed by atoms with E-state index in [1.807, 2.05) is 71.9 Å². The van der Waals surface area contributed by atoms with Crippen molar-refractivity contribution in [1.82, 2.24) is 4.98 Å². The topological polar surface area (TPSA) is 50.2 Å². The molecule has 0 amide bonds. The van der Waals surface area contributed by atoms with E-state index in [0.717, 1.165) is 53.5 Å². The van der Waals surface area contributed by atoms with E-state index >= 15 is 0 Å². The van der Waals surface area contributed by atoms with Gasteiger partial charge in [0.05, 0.1) is 16.7 Å². The molecule has 3 rings (SSSR count). The molecule has 1 heterocycles. The molecule has 0 aliphatic heterocycles. The Balaban J connectivity index is 0.000000476. The van der Waals surface area contributed by atoms with E-state index in [-0.39, 0.29) is 49.9 Å². The first kappa shape index (κ1) is 37.5. The van der Waals surface area contributed by atoms with Crippen molar-refractivity contribution in [2.45, 2.75) is 93.7 Å². The van der Waals surface area contributed by atoms with Gasteiger partial charge >= 0.3 is 6.18 Å². The van der Waals surface area contributed by atoms with Gasteiger partial charge in [-0.25, -0.2) is 0 Å². The maximum absolute atomic E-state index is 13.3. The fourth-order valence-electron chi connectivity index (χ4n) is 4.91. The molecule has 0 saturated heterocycles. The number of alkyl halides is 3. The molecular weight excluding hydrogens is 716 g/mol. The number of aliphatic hydroxyl groups is 1. The zero-order valence-corrected chi connectivity index (χ0v) is 28.5. The van der Waals surface area contributed by atoms with Crippen molar-refractivity contribution < 1.29 is 43.2 Å². The second-order valence-electron chi connectivity index (χ2n) is 11.5. The molecule has 0 atom stereocenters. The number of rotatable bonds is 10. The quantitative estimate of drug-likeness (QED) is 0.127. The first-order chi connectivity index (χ1) is 19.2. The summed E-state index contributed by atoms with van der Waals surface area (Å²) in [5.41, 5.74) is 3.39. The molecule has 0 bridgehead atoms. The van der Waals surface area contributed by atoms with Crippen molar-refractivity contribution in [1.29, 1.82) is 0 Å². The number of aromatic nitrogens is 1. The molecule has 0 saturated carbocycles. The smallest absolute Gasteiger partial charge is 0.394 e. The summed E-state index contributed by atoms with van der Waals surface area (Å²) in [6, 6.07) is 16.4. The summed E-state index contributed by atoms with van der Waals surface area (Å²) in [6.07, 6.45) is 0.574. The van der Waals surface area contributed by atoms with Crippen LogP contribution < -0.4 is 0 Å². The largest absolute Gasteiger partial charge is 0.512 e. The Bertz CT molecular complexity index is 1320. The molecule has 3 aromatic rings. The minimum absolute atomic E-state index is 0. The van der Waals surface area contributed by atoms with Gasteiger partial charge in [-0.15, -0.1) is 34.9 Å². The van der Waals surface area contributed by atoms with Gasteiger partial charge in [0.15, 0.2) is 5.78 Å². The molecule has 2 aromatic carbocycles. The number of carbonyl (C=O) groups is 1. The number of aliphatic hydroxyl groups excluding tert-OH is 1. The van der Waals surface area contributed by atoms with Crippen LogP contribution in [0.25, 0.3) is 22.2 Å². The number of aryl methyl sites for hydroxylation is 2. The Labute approximate surface area is 263 Å². The first-order valence-electron chi connectivity index (χ1n) is 14.6. The van der Waals surface area contributed by atoms with Crippen LogP contribution in [0.15, 0.2) is 54.3 Å². The van der Waals surface area contributed by atoms with Gasteiger partial charge in [-0.05, 0) is 49.4 Å². The van der Waals surface area contributed by atoms with Crippen LogP contribution in [0.1, 0.15) is 83.9 Å². The average Bonchev–Trinajstić information content (AvgIpc) is 2.89. The molecule has 1 radical (unpaired) electrons. The van der Waals surface area contributed by atoms with Crippen molar-refractivity contribution in [3.8, 4) is 11.3 Å². The minimum Gasteiger partial charge on any atom is -0.512 e. The van der Waals surface area contributed by atoms with Crippen LogP contribution in [0, 0.1) is 37.2 Å². The summed E-state index contributed by atoms with van der Waals surface area (Å²) in [6.45, 7) is 14.5. The van der Waals surface area contributed by atoms with E-state index in [9.17, 15) is 23.1 Å². The second kappa shape index (κ2) is 16.4. The third-order valence-corrected chi connectivity index (χ3v) is 7.73. The summed E-state index contributed by atoms with van der Waals surface area (Å²) in [4.78, 5) is 16.4. The molecule has 0 unspecified atom stereocenters. The number of ketones is 1. The second-order valence-corrected chi connectivity index (χ2v) is 11.5. The van der Waals surface area contributed by atoms with E-state index in [2.05, 4.69) is 11.1 Å². The van der Waals surface area contributed by atoms with Gasteiger partial charge in [0.25, 0.3) is 0 Å². The molecule has 1 aromatic heterocycles. The summed E-state index contributed by atoms with van der Waals surface area (Å²) in [5.74, 6) is 0.547. The van der Waals surface area contributed by atoms with Crippen LogP contribution in [0.3, 0.4) is 0 Å². The van der Waals surface area contributed by atoms with Gasteiger partial charge in [0.1, 0.15) is 0 Å². The van der Waals surface area contributed by atoms with Crippen LogP contribution in [0.4, 0.5) is 13.2 Å². The number of nitrogens with zero attached hydrogens (tertiary/aromatic N) is 1. The Morgan fingerprint density at radius 1 is 0.952 bits per heavy atom. The van der Waals surface area contributed by atoms with Crippen molar-refractivity contribution in [2.75, 3.05) is 0 Å². The minimum atomic E-state index is -4.25. The van der Waals surface area contributed by atoms with Crippen molar-refractivity contribution in [3.05, 3.63) is 77.1 Å². The maximum Gasteiger partial charge on any atom is 0.394 e. The zero-order chi connectivity index (χ0) is 31.0. The van der Waals surface area contributed by atoms with Gasteiger partial charge in [0, 0.05) is 43.4 Å².